The molecule has 1 N–H and O–H groups in total. The number of amides is 1. The first-order valence-corrected chi connectivity index (χ1v) is 8.71. The van der Waals surface area contributed by atoms with E-state index in [2.05, 4.69) is 4.72 Å². The number of likely N-dealkylation sites (N-methyl/N-ethyl adjacent to an activating group) is 1. The molecule has 1 aliphatic heterocycles. The fourth-order valence-electron chi connectivity index (χ4n) is 2.70. The minimum Gasteiger partial charge on any atom is -0.312 e. The Morgan fingerprint density at radius 1 is 1.17 bits per heavy atom. The van der Waals surface area contributed by atoms with E-state index in [1.54, 1.807) is 17.0 Å². The number of halogens is 2. The van der Waals surface area contributed by atoms with Gasteiger partial charge in [-0.15, -0.1) is 0 Å². The van der Waals surface area contributed by atoms with Crippen molar-refractivity contribution in [2.75, 3.05) is 16.2 Å². The van der Waals surface area contributed by atoms with Gasteiger partial charge in [0.2, 0.25) is 5.91 Å². The van der Waals surface area contributed by atoms with Crippen LogP contribution in [0, 0.1) is 11.6 Å². The van der Waals surface area contributed by atoms with E-state index in [4.69, 9.17) is 0 Å². The highest BCUT2D eigenvalue weighted by molar-refractivity contribution is 7.92. The lowest BCUT2D eigenvalue weighted by Gasteiger charge is -2.15. The molecule has 1 amide bonds. The Bertz CT molecular complexity index is 929. The second kappa shape index (κ2) is 5.86. The van der Waals surface area contributed by atoms with E-state index in [-0.39, 0.29) is 18.0 Å². The molecule has 0 radical (unpaired) electrons. The molecule has 0 aliphatic carbocycles. The molecule has 0 unspecified atom stereocenters. The van der Waals surface area contributed by atoms with Gasteiger partial charge in [-0.25, -0.2) is 17.2 Å². The SMILES string of the molecule is CCN1C(=O)Cc2cc(NS(=O)(=O)c3ccc(F)cc3F)ccc21. The van der Waals surface area contributed by atoms with E-state index < -0.39 is 26.6 Å². The number of benzene rings is 2. The third kappa shape index (κ3) is 2.84. The number of hydrogen-bond donors (Lipinski definition) is 1. The molecule has 3 rings (SSSR count). The van der Waals surface area contributed by atoms with Gasteiger partial charge in [0.25, 0.3) is 10.0 Å². The van der Waals surface area contributed by atoms with Crippen LogP contribution in [0.3, 0.4) is 0 Å². The van der Waals surface area contributed by atoms with Gasteiger partial charge in [-0.3, -0.25) is 9.52 Å². The number of sulfonamides is 1. The van der Waals surface area contributed by atoms with Gasteiger partial charge in [0, 0.05) is 24.0 Å². The molecule has 2 aromatic carbocycles. The molecule has 0 bridgehead atoms. The van der Waals surface area contributed by atoms with Crippen molar-refractivity contribution in [2.45, 2.75) is 18.2 Å². The van der Waals surface area contributed by atoms with Crippen LogP contribution in [0.4, 0.5) is 20.2 Å². The topological polar surface area (TPSA) is 66.5 Å². The minimum absolute atomic E-state index is 0.0583. The van der Waals surface area contributed by atoms with E-state index in [0.717, 1.165) is 17.8 Å². The molecule has 0 spiro atoms. The highest BCUT2D eigenvalue weighted by atomic mass is 32.2. The molecule has 0 saturated heterocycles. The zero-order chi connectivity index (χ0) is 17.5. The van der Waals surface area contributed by atoms with E-state index >= 15 is 0 Å². The largest absolute Gasteiger partial charge is 0.312 e. The number of fused-ring (bicyclic) bond motifs is 1. The number of hydrogen-bond acceptors (Lipinski definition) is 3. The zero-order valence-electron chi connectivity index (χ0n) is 12.7. The van der Waals surface area contributed by atoms with Crippen molar-refractivity contribution in [2.24, 2.45) is 0 Å². The van der Waals surface area contributed by atoms with Crippen LogP contribution in [0.25, 0.3) is 0 Å². The van der Waals surface area contributed by atoms with E-state index in [1.807, 2.05) is 6.92 Å². The standard InChI is InChI=1S/C16H14F2N2O3S/c1-2-20-14-5-4-12(7-10(14)8-16(20)21)19-24(22,23)15-6-3-11(17)9-13(15)18/h3-7,9,19H,2,8H2,1H3. The summed E-state index contributed by atoms with van der Waals surface area (Å²) in [5, 5.41) is 0. The third-order valence-electron chi connectivity index (χ3n) is 3.76. The Labute approximate surface area is 138 Å². The van der Waals surface area contributed by atoms with Crippen molar-refractivity contribution in [3.63, 3.8) is 0 Å². The summed E-state index contributed by atoms with van der Waals surface area (Å²) in [7, 11) is -4.20. The highest BCUT2D eigenvalue weighted by Gasteiger charge is 2.27. The fourth-order valence-corrected chi connectivity index (χ4v) is 3.81. The van der Waals surface area contributed by atoms with Crippen molar-refractivity contribution in [1.82, 2.24) is 0 Å². The van der Waals surface area contributed by atoms with Crippen LogP contribution < -0.4 is 9.62 Å². The number of carbonyl (C=O) groups is 1. The predicted molar refractivity (Wildman–Crippen MR) is 85.3 cm³/mol. The van der Waals surface area contributed by atoms with E-state index in [9.17, 15) is 22.0 Å². The van der Waals surface area contributed by atoms with Gasteiger partial charge in [-0.05, 0) is 42.8 Å². The van der Waals surface area contributed by atoms with Crippen molar-refractivity contribution in [3.05, 3.63) is 53.6 Å². The molecule has 0 fully saturated rings. The first-order chi connectivity index (χ1) is 11.3. The normalized spacial score (nSPS) is 14.0. The number of carbonyl (C=O) groups excluding carboxylic acids is 1. The van der Waals surface area contributed by atoms with Gasteiger partial charge in [0.15, 0.2) is 0 Å². The first-order valence-electron chi connectivity index (χ1n) is 7.23. The van der Waals surface area contributed by atoms with Crippen LogP contribution >= 0.6 is 0 Å². The highest BCUT2D eigenvalue weighted by Crippen LogP contribution is 2.31. The summed E-state index contributed by atoms with van der Waals surface area (Å²) < 4.78 is 53.4. The lowest BCUT2D eigenvalue weighted by atomic mass is 10.1. The van der Waals surface area contributed by atoms with Gasteiger partial charge >= 0.3 is 0 Å². The summed E-state index contributed by atoms with van der Waals surface area (Å²) in [5.74, 6) is -2.09. The molecule has 8 heteroatoms. The molecule has 126 valence electrons. The summed E-state index contributed by atoms with van der Waals surface area (Å²) in [6.07, 6.45) is 0.184. The maximum absolute atomic E-state index is 13.7. The fraction of sp³-hybridized carbons (Fsp3) is 0.188. The molecule has 0 saturated carbocycles. The van der Waals surface area contributed by atoms with Crippen LogP contribution in [0.5, 0.6) is 0 Å². The van der Waals surface area contributed by atoms with Gasteiger partial charge in [0.05, 0.1) is 6.42 Å². The Balaban J connectivity index is 1.92. The maximum Gasteiger partial charge on any atom is 0.264 e. The molecule has 0 aromatic heterocycles. The van der Waals surface area contributed by atoms with E-state index in [0.29, 0.717) is 18.2 Å². The Hall–Kier alpha value is -2.48. The summed E-state index contributed by atoms with van der Waals surface area (Å²) in [4.78, 5) is 12.8. The molecule has 1 heterocycles. The van der Waals surface area contributed by atoms with Crippen LogP contribution in [-0.4, -0.2) is 20.9 Å². The van der Waals surface area contributed by atoms with Gasteiger partial charge in [0.1, 0.15) is 16.5 Å². The second-order valence-corrected chi connectivity index (χ2v) is 6.99. The molecule has 0 atom stereocenters. The molecule has 1 aliphatic rings. The number of anilines is 2. The summed E-state index contributed by atoms with van der Waals surface area (Å²) in [6.45, 7) is 2.37. The minimum atomic E-state index is -4.20. The van der Waals surface area contributed by atoms with Gasteiger partial charge in [-0.1, -0.05) is 0 Å². The average molecular weight is 352 g/mol. The van der Waals surface area contributed by atoms with Gasteiger partial charge < -0.3 is 4.90 Å². The van der Waals surface area contributed by atoms with Crippen LogP contribution in [0.1, 0.15) is 12.5 Å². The predicted octanol–water partition coefficient (Wildman–Crippen LogP) is 2.67. The Morgan fingerprint density at radius 2 is 1.92 bits per heavy atom. The Morgan fingerprint density at radius 3 is 2.58 bits per heavy atom. The average Bonchev–Trinajstić information content (AvgIpc) is 2.80. The van der Waals surface area contributed by atoms with Crippen molar-refractivity contribution in [1.29, 1.82) is 0 Å². The lowest BCUT2D eigenvalue weighted by molar-refractivity contribution is -0.117. The summed E-state index contributed by atoms with van der Waals surface area (Å²) >= 11 is 0. The van der Waals surface area contributed by atoms with Crippen LogP contribution in [0.2, 0.25) is 0 Å². The molecular weight excluding hydrogens is 338 g/mol. The molecular formula is C16H14F2N2O3S. The monoisotopic (exact) mass is 352 g/mol. The number of nitrogens with zero attached hydrogens (tertiary/aromatic N) is 1. The number of nitrogens with one attached hydrogen (secondary N) is 1. The first kappa shape index (κ1) is 16.4. The quantitative estimate of drug-likeness (QED) is 0.920. The second-order valence-electron chi connectivity index (χ2n) is 5.34. The van der Waals surface area contributed by atoms with Gasteiger partial charge in [-0.2, -0.15) is 0 Å². The third-order valence-corrected chi connectivity index (χ3v) is 5.18. The van der Waals surface area contributed by atoms with Crippen molar-refractivity contribution >= 4 is 27.3 Å². The Kier molecular flexibility index (Phi) is 4.00. The maximum atomic E-state index is 13.7. The summed E-state index contributed by atoms with van der Waals surface area (Å²) in [5.41, 5.74) is 1.64. The van der Waals surface area contributed by atoms with Crippen LogP contribution in [-0.2, 0) is 21.2 Å². The molecule has 24 heavy (non-hydrogen) atoms. The lowest BCUT2D eigenvalue weighted by Crippen LogP contribution is -2.25. The zero-order valence-corrected chi connectivity index (χ0v) is 13.5. The number of rotatable bonds is 4. The van der Waals surface area contributed by atoms with Crippen molar-refractivity contribution < 1.29 is 22.0 Å². The molecule has 5 nitrogen and oxygen atoms in total. The molecule has 2 aromatic rings. The van der Waals surface area contributed by atoms with Crippen LogP contribution in [0.15, 0.2) is 41.3 Å². The van der Waals surface area contributed by atoms with Crippen molar-refractivity contribution in [3.8, 4) is 0 Å². The smallest absolute Gasteiger partial charge is 0.264 e. The summed E-state index contributed by atoms with van der Waals surface area (Å²) in [6, 6.07) is 6.93. The van der Waals surface area contributed by atoms with E-state index in [1.165, 1.54) is 6.07 Å².